The van der Waals surface area contributed by atoms with E-state index in [1.54, 1.807) is 0 Å². The molecule has 0 radical (unpaired) electrons. The minimum absolute atomic E-state index is 0.203. The molecule has 1 aliphatic heterocycles. The summed E-state index contributed by atoms with van der Waals surface area (Å²) in [5, 5.41) is 12.5. The first-order chi connectivity index (χ1) is 14.4. The number of nitriles is 1. The molecule has 1 saturated heterocycles. The van der Waals surface area contributed by atoms with E-state index in [1.165, 1.54) is 11.9 Å². The zero-order chi connectivity index (χ0) is 21.3. The van der Waals surface area contributed by atoms with Crippen LogP contribution in [0.1, 0.15) is 44.2 Å². The van der Waals surface area contributed by atoms with Crippen LogP contribution in [0.5, 0.6) is 5.75 Å². The molecule has 7 nitrogen and oxygen atoms in total. The van der Waals surface area contributed by atoms with Gasteiger partial charge in [0, 0.05) is 24.7 Å². The van der Waals surface area contributed by atoms with Crippen molar-refractivity contribution >= 4 is 11.5 Å². The van der Waals surface area contributed by atoms with Gasteiger partial charge in [-0.25, -0.2) is 9.97 Å². The molecule has 1 aromatic carbocycles. The van der Waals surface area contributed by atoms with Crippen LogP contribution < -0.4 is 20.7 Å². The normalized spacial score (nSPS) is 17.5. The van der Waals surface area contributed by atoms with Crippen molar-refractivity contribution in [1.29, 1.82) is 5.26 Å². The molecule has 0 spiro atoms. The lowest BCUT2D eigenvalue weighted by atomic mass is 9.71. The average Bonchev–Trinajstić information content (AvgIpc) is 2.72. The smallest absolute Gasteiger partial charge is 0.143 e. The summed E-state index contributed by atoms with van der Waals surface area (Å²) in [5.41, 5.74) is 11.3. The summed E-state index contributed by atoms with van der Waals surface area (Å²) in [7, 11) is 2.04. The van der Waals surface area contributed by atoms with Gasteiger partial charge in [-0.15, -0.1) is 0 Å². The monoisotopic (exact) mass is 406 g/mol. The molecule has 0 amide bonds. The number of benzene rings is 1. The van der Waals surface area contributed by atoms with E-state index in [-0.39, 0.29) is 11.5 Å². The maximum absolute atomic E-state index is 9.13. The highest BCUT2D eigenvalue weighted by molar-refractivity contribution is 5.83. The molecule has 0 bridgehead atoms. The molecule has 1 fully saturated rings. The number of rotatable bonds is 5. The molecule has 30 heavy (non-hydrogen) atoms. The third kappa shape index (κ3) is 3.68. The molecule has 1 aromatic heterocycles. The van der Waals surface area contributed by atoms with Gasteiger partial charge >= 0.3 is 0 Å². The number of piperidine rings is 1. The number of fused-ring (bicyclic) bond motifs is 3. The minimum Gasteiger partial charge on any atom is -0.488 e. The van der Waals surface area contributed by atoms with Gasteiger partial charge in [0.15, 0.2) is 0 Å². The predicted octanol–water partition coefficient (Wildman–Crippen LogP) is 3.04. The molecule has 158 valence electrons. The van der Waals surface area contributed by atoms with Gasteiger partial charge in [-0.2, -0.15) is 5.26 Å². The maximum atomic E-state index is 9.13. The van der Waals surface area contributed by atoms with Crippen LogP contribution >= 0.6 is 0 Å². The number of nitrogen functional groups attached to an aromatic ring is 1. The summed E-state index contributed by atoms with van der Waals surface area (Å²) in [6, 6.07) is 6.42. The van der Waals surface area contributed by atoms with E-state index in [0.29, 0.717) is 18.8 Å². The number of nitrogens with two attached hydrogens (primary N) is 1. The van der Waals surface area contributed by atoms with Gasteiger partial charge in [-0.05, 0) is 55.5 Å². The Kier molecular flexibility index (Phi) is 5.52. The fourth-order valence-electron chi connectivity index (χ4n) is 4.75. The topological polar surface area (TPSA) is 100 Å². The fourth-order valence-corrected chi connectivity index (χ4v) is 4.75. The second-order valence-electron chi connectivity index (χ2n) is 8.88. The standard InChI is InChI=1S/C23H30N6O/c1-23(2)13-17-16(20-19(23)22(25)28-14-27-20)5-6-18(21(17)29(3)12-4-9-24)30-15-7-10-26-11-8-15/h5-6,14-15,26H,4,7-8,10-13H2,1-3H3,(H2,25,27,28). The highest BCUT2D eigenvalue weighted by atomic mass is 16.5. The van der Waals surface area contributed by atoms with Crippen molar-refractivity contribution < 1.29 is 4.74 Å². The summed E-state index contributed by atoms with van der Waals surface area (Å²) in [5.74, 6) is 1.44. The highest BCUT2D eigenvalue weighted by Gasteiger charge is 2.37. The number of aromatic nitrogens is 2. The number of nitrogens with zero attached hydrogens (tertiary/aromatic N) is 4. The second-order valence-corrected chi connectivity index (χ2v) is 8.88. The van der Waals surface area contributed by atoms with Crippen LogP contribution in [-0.2, 0) is 11.8 Å². The third-order valence-corrected chi connectivity index (χ3v) is 6.19. The first kappa shape index (κ1) is 20.4. The van der Waals surface area contributed by atoms with Gasteiger partial charge in [0.2, 0.25) is 0 Å². The number of hydrogen-bond donors (Lipinski definition) is 2. The lowest BCUT2D eigenvalue weighted by molar-refractivity contribution is 0.163. The summed E-state index contributed by atoms with van der Waals surface area (Å²) in [4.78, 5) is 11.0. The van der Waals surface area contributed by atoms with Gasteiger partial charge in [0.05, 0.1) is 23.9 Å². The average molecular weight is 407 g/mol. The van der Waals surface area contributed by atoms with E-state index < -0.39 is 0 Å². The Morgan fingerprint density at radius 3 is 2.80 bits per heavy atom. The van der Waals surface area contributed by atoms with E-state index >= 15 is 0 Å². The van der Waals surface area contributed by atoms with Crippen molar-refractivity contribution in [3.05, 3.63) is 29.6 Å². The summed E-state index contributed by atoms with van der Waals surface area (Å²) in [6.45, 7) is 6.98. The van der Waals surface area contributed by atoms with E-state index in [2.05, 4.69) is 52.2 Å². The number of nitrogens with one attached hydrogen (secondary N) is 1. The van der Waals surface area contributed by atoms with Crippen LogP contribution in [0.15, 0.2) is 18.5 Å². The zero-order valence-corrected chi connectivity index (χ0v) is 18.0. The molecule has 0 atom stereocenters. The Morgan fingerprint density at radius 1 is 1.30 bits per heavy atom. The Hall–Kier alpha value is -2.85. The molecule has 2 aliphatic rings. The largest absolute Gasteiger partial charge is 0.488 e. The molecule has 4 rings (SSSR count). The lowest BCUT2D eigenvalue weighted by Gasteiger charge is -2.37. The number of ether oxygens (including phenoxy) is 1. The molecule has 2 heterocycles. The van der Waals surface area contributed by atoms with Crippen LogP contribution in [0.4, 0.5) is 11.5 Å². The second kappa shape index (κ2) is 8.11. The summed E-state index contributed by atoms with van der Waals surface area (Å²) >= 11 is 0. The molecular formula is C23H30N6O. The van der Waals surface area contributed by atoms with E-state index in [9.17, 15) is 0 Å². The van der Waals surface area contributed by atoms with E-state index in [1.807, 2.05) is 7.05 Å². The van der Waals surface area contributed by atoms with Crippen molar-refractivity contribution in [3.8, 4) is 23.1 Å². The molecule has 0 unspecified atom stereocenters. The molecule has 2 aromatic rings. The van der Waals surface area contributed by atoms with E-state index in [4.69, 9.17) is 15.7 Å². The fraction of sp³-hybridized carbons (Fsp3) is 0.522. The third-order valence-electron chi connectivity index (χ3n) is 6.19. The van der Waals surface area contributed by atoms with Crippen LogP contribution in [0.2, 0.25) is 0 Å². The Bertz CT molecular complexity index is 974. The molecule has 3 N–H and O–H groups in total. The quantitative estimate of drug-likeness (QED) is 0.787. The Labute approximate surface area is 178 Å². The van der Waals surface area contributed by atoms with Gasteiger partial charge in [-0.3, -0.25) is 0 Å². The van der Waals surface area contributed by atoms with Crippen molar-refractivity contribution in [2.75, 3.05) is 37.3 Å². The number of anilines is 2. The van der Waals surface area contributed by atoms with Gasteiger partial charge in [0.1, 0.15) is 24.0 Å². The zero-order valence-electron chi connectivity index (χ0n) is 18.0. The van der Waals surface area contributed by atoms with Crippen LogP contribution in [-0.4, -0.2) is 42.8 Å². The van der Waals surface area contributed by atoms with Gasteiger partial charge in [0.25, 0.3) is 0 Å². The minimum atomic E-state index is -0.203. The van der Waals surface area contributed by atoms with Crippen molar-refractivity contribution in [1.82, 2.24) is 15.3 Å². The number of hydrogen-bond acceptors (Lipinski definition) is 7. The summed E-state index contributed by atoms with van der Waals surface area (Å²) < 4.78 is 6.51. The Morgan fingerprint density at radius 2 is 2.07 bits per heavy atom. The molecular weight excluding hydrogens is 376 g/mol. The summed E-state index contributed by atoms with van der Waals surface area (Å²) in [6.07, 6.45) is 5.00. The van der Waals surface area contributed by atoms with E-state index in [0.717, 1.165) is 60.6 Å². The Balaban J connectivity index is 1.84. The highest BCUT2D eigenvalue weighted by Crippen LogP contribution is 2.49. The first-order valence-corrected chi connectivity index (χ1v) is 10.6. The van der Waals surface area contributed by atoms with Crippen LogP contribution in [0, 0.1) is 11.3 Å². The van der Waals surface area contributed by atoms with Crippen LogP contribution in [0.25, 0.3) is 11.3 Å². The molecule has 1 aliphatic carbocycles. The first-order valence-electron chi connectivity index (χ1n) is 10.6. The SMILES string of the molecule is CN(CCC#N)c1c(OC2CCNCC2)ccc2c1CC(C)(C)c1c(N)ncnc1-2. The van der Waals surface area contributed by atoms with Gasteiger partial charge in [-0.1, -0.05) is 13.8 Å². The van der Waals surface area contributed by atoms with Crippen molar-refractivity contribution in [2.45, 2.75) is 51.0 Å². The van der Waals surface area contributed by atoms with Crippen molar-refractivity contribution in [3.63, 3.8) is 0 Å². The lowest BCUT2D eigenvalue weighted by Crippen LogP contribution is -2.35. The predicted molar refractivity (Wildman–Crippen MR) is 119 cm³/mol. The maximum Gasteiger partial charge on any atom is 0.143 e. The molecule has 0 saturated carbocycles. The molecule has 7 heteroatoms. The van der Waals surface area contributed by atoms with Crippen molar-refractivity contribution in [2.24, 2.45) is 0 Å². The van der Waals surface area contributed by atoms with Crippen LogP contribution in [0.3, 0.4) is 0 Å². The van der Waals surface area contributed by atoms with Gasteiger partial charge < -0.3 is 20.7 Å².